The van der Waals surface area contributed by atoms with E-state index in [1.807, 2.05) is 24.4 Å². The van der Waals surface area contributed by atoms with E-state index < -0.39 is 0 Å². The van der Waals surface area contributed by atoms with Crippen LogP contribution in [-0.2, 0) is 11.2 Å². The molecule has 0 aliphatic rings. The Hall–Kier alpha value is -2.37. The number of benzene rings is 2. The molecular formula is C24H27ClN2O2S. The van der Waals surface area contributed by atoms with E-state index in [9.17, 15) is 4.79 Å². The molecule has 0 aliphatic heterocycles. The van der Waals surface area contributed by atoms with Crippen LogP contribution in [-0.4, -0.2) is 17.5 Å². The standard InChI is InChI=1S/C24H27ClN2O2S/c1-16(2)13-18-6-8-19(9-7-18)21-15-30-24(26-21)27-23(28)5-4-12-29-22-11-10-20(25)14-17(22)3/h6-11,14-16H,4-5,12-13H2,1-3H3,(H,26,27,28). The molecule has 1 heterocycles. The number of carbonyl (C=O) groups is 1. The van der Waals surface area contributed by atoms with Gasteiger partial charge in [-0.25, -0.2) is 4.98 Å². The Balaban J connectivity index is 1.45. The van der Waals surface area contributed by atoms with Crippen molar-refractivity contribution in [2.75, 3.05) is 11.9 Å². The molecule has 0 fully saturated rings. The van der Waals surface area contributed by atoms with Crippen LogP contribution in [0.3, 0.4) is 0 Å². The minimum Gasteiger partial charge on any atom is -0.493 e. The number of anilines is 1. The Labute approximate surface area is 187 Å². The molecule has 3 aromatic rings. The summed E-state index contributed by atoms with van der Waals surface area (Å²) in [4.78, 5) is 16.8. The highest BCUT2D eigenvalue weighted by Gasteiger charge is 2.09. The molecule has 3 rings (SSSR count). The number of thiazole rings is 1. The molecule has 2 aromatic carbocycles. The smallest absolute Gasteiger partial charge is 0.226 e. The molecule has 0 saturated carbocycles. The first-order chi connectivity index (χ1) is 14.4. The number of hydrogen-bond donors (Lipinski definition) is 1. The van der Waals surface area contributed by atoms with Gasteiger partial charge in [-0.1, -0.05) is 49.7 Å². The van der Waals surface area contributed by atoms with Gasteiger partial charge in [0.1, 0.15) is 5.75 Å². The Kier molecular flexibility index (Phi) is 7.88. The van der Waals surface area contributed by atoms with Crippen LogP contribution >= 0.6 is 22.9 Å². The normalized spacial score (nSPS) is 11.0. The summed E-state index contributed by atoms with van der Waals surface area (Å²) in [6, 6.07) is 14.0. The SMILES string of the molecule is Cc1cc(Cl)ccc1OCCCC(=O)Nc1nc(-c2ccc(CC(C)C)cc2)cs1. The first kappa shape index (κ1) is 22.3. The van der Waals surface area contributed by atoms with E-state index in [4.69, 9.17) is 16.3 Å². The van der Waals surface area contributed by atoms with Crippen LogP contribution < -0.4 is 10.1 Å². The average Bonchev–Trinajstić information content (AvgIpc) is 3.15. The van der Waals surface area contributed by atoms with Crippen LogP contribution in [0.5, 0.6) is 5.75 Å². The number of amides is 1. The summed E-state index contributed by atoms with van der Waals surface area (Å²) >= 11 is 7.39. The van der Waals surface area contributed by atoms with Gasteiger partial charge >= 0.3 is 0 Å². The highest BCUT2D eigenvalue weighted by molar-refractivity contribution is 7.14. The number of hydrogen-bond acceptors (Lipinski definition) is 4. The molecule has 1 N–H and O–H groups in total. The average molecular weight is 443 g/mol. The number of ether oxygens (including phenoxy) is 1. The van der Waals surface area contributed by atoms with Gasteiger partial charge in [0, 0.05) is 22.4 Å². The number of carbonyl (C=O) groups excluding carboxylic acids is 1. The summed E-state index contributed by atoms with van der Waals surface area (Å²) in [7, 11) is 0. The fourth-order valence-electron chi connectivity index (χ4n) is 3.12. The molecule has 30 heavy (non-hydrogen) atoms. The zero-order valence-corrected chi connectivity index (χ0v) is 19.1. The zero-order valence-electron chi connectivity index (χ0n) is 17.6. The number of aryl methyl sites for hydroxylation is 1. The van der Waals surface area contributed by atoms with Gasteiger partial charge in [0.05, 0.1) is 12.3 Å². The highest BCUT2D eigenvalue weighted by atomic mass is 35.5. The second-order valence-corrected chi connectivity index (χ2v) is 9.04. The van der Waals surface area contributed by atoms with Crippen LogP contribution in [0.2, 0.25) is 5.02 Å². The molecule has 0 saturated heterocycles. The van der Waals surface area contributed by atoms with Gasteiger partial charge in [0.2, 0.25) is 5.91 Å². The van der Waals surface area contributed by atoms with Crippen LogP contribution in [0.4, 0.5) is 5.13 Å². The highest BCUT2D eigenvalue weighted by Crippen LogP contribution is 2.26. The van der Waals surface area contributed by atoms with Crippen LogP contribution in [0, 0.1) is 12.8 Å². The lowest BCUT2D eigenvalue weighted by atomic mass is 10.0. The lowest BCUT2D eigenvalue weighted by Gasteiger charge is -2.09. The number of aromatic nitrogens is 1. The molecule has 0 unspecified atom stereocenters. The van der Waals surface area contributed by atoms with E-state index in [0.717, 1.165) is 29.0 Å². The van der Waals surface area contributed by atoms with E-state index in [-0.39, 0.29) is 5.91 Å². The number of nitrogens with one attached hydrogen (secondary N) is 1. The van der Waals surface area contributed by atoms with E-state index in [0.29, 0.717) is 35.5 Å². The molecular weight excluding hydrogens is 416 g/mol. The minimum absolute atomic E-state index is 0.0559. The monoisotopic (exact) mass is 442 g/mol. The molecule has 1 amide bonds. The van der Waals surface area contributed by atoms with Gasteiger partial charge in [0.25, 0.3) is 0 Å². The molecule has 4 nitrogen and oxygen atoms in total. The van der Waals surface area contributed by atoms with Crippen molar-refractivity contribution >= 4 is 34.0 Å². The van der Waals surface area contributed by atoms with Crippen LogP contribution in [0.1, 0.15) is 37.8 Å². The van der Waals surface area contributed by atoms with Crippen molar-refractivity contribution in [3.63, 3.8) is 0 Å². The second-order valence-electron chi connectivity index (χ2n) is 7.74. The van der Waals surface area contributed by atoms with Gasteiger partial charge < -0.3 is 10.1 Å². The fourth-order valence-corrected chi connectivity index (χ4v) is 4.08. The Morgan fingerprint density at radius 2 is 1.97 bits per heavy atom. The molecule has 6 heteroatoms. The van der Waals surface area contributed by atoms with Gasteiger partial charge in [-0.3, -0.25) is 4.79 Å². The Morgan fingerprint density at radius 1 is 1.20 bits per heavy atom. The third-order valence-corrected chi connectivity index (χ3v) is 5.58. The lowest BCUT2D eigenvalue weighted by Crippen LogP contribution is -2.12. The second kappa shape index (κ2) is 10.6. The van der Waals surface area contributed by atoms with Crippen molar-refractivity contribution in [2.24, 2.45) is 5.92 Å². The van der Waals surface area contributed by atoms with E-state index in [2.05, 4.69) is 48.4 Å². The summed E-state index contributed by atoms with van der Waals surface area (Å²) in [5.41, 5.74) is 4.26. The van der Waals surface area contributed by atoms with Crippen molar-refractivity contribution in [3.05, 3.63) is 64.0 Å². The molecule has 0 spiro atoms. The number of halogens is 1. The largest absolute Gasteiger partial charge is 0.493 e. The van der Waals surface area contributed by atoms with Crippen molar-refractivity contribution in [1.82, 2.24) is 4.98 Å². The maximum absolute atomic E-state index is 12.2. The summed E-state index contributed by atoms with van der Waals surface area (Å²) in [6.45, 7) is 6.86. The molecule has 0 radical (unpaired) electrons. The first-order valence-electron chi connectivity index (χ1n) is 10.1. The quantitative estimate of drug-likeness (QED) is 0.372. The van der Waals surface area contributed by atoms with Crippen molar-refractivity contribution in [1.29, 1.82) is 0 Å². The number of nitrogens with zero attached hydrogens (tertiary/aromatic N) is 1. The predicted molar refractivity (Wildman–Crippen MR) is 126 cm³/mol. The first-order valence-corrected chi connectivity index (χ1v) is 11.4. The summed E-state index contributed by atoms with van der Waals surface area (Å²) in [5.74, 6) is 1.38. The van der Waals surface area contributed by atoms with E-state index >= 15 is 0 Å². The molecule has 1 aromatic heterocycles. The molecule has 0 atom stereocenters. The van der Waals surface area contributed by atoms with Gasteiger partial charge in [0.15, 0.2) is 5.13 Å². The summed E-state index contributed by atoms with van der Waals surface area (Å²) < 4.78 is 5.74. The Bertz CT molecular complexity index is 983. The third-order valence-electron chi connectivity index (χ3n) is 4.59. The van der Waals surface area contributed by atoms with Gasteiger partial charge in [-0.2, -0.15) is 0 Å². The van der Waals surface area contributed by atoms with Gasteiger partial charge in [-0.15, -0.1) is 11.3 Å². The number of rotatable bonds is 9. The minimum atomic E-state index is -0.0559. The lowest BCUT2D eigenvalue weighted by molar-refractivity contribution is -0.116. The fraction of sp³-hybridized carbons (Fsp3) is 0.333. The van der Waals surface area contributed by atoms with E-state index in [1.54, 1.807) is 6.07 Å². The predicted octanol–water partition coefficient (Wildman–Crippen LogP) is 6.77. The van der Waals surface area contributed by atoms with Crippen molar-refractivity contribution < 1.29 is 9.53 Å². The topological polar surface area (TPSA) is 51.2 Å². The summed E-state index contributed by atoms with van der Waals surface area (Å²) in [5, 5.41) is 6.16. The third kappa shape index (κ3) is 6.57. The molecule has 0 bridgehead atoms. The zero-order chi connectivity index (χ0) is 21.5. The summed E-state index contributed by atoms with van der Waals surface area (Å²) in [6.07, 6.45) is 2.08. The van der Waals surface area contributed by atoms with Crippen LogP contribution in [0.25, 0.3) is 11.3 Å². The van der Waals surface area contributed by atoms with E-state index in [1.165, 1.54) is 16.9 Å². The van der Waals surface area contributed by atoms with Crippen molar-refractivity contribution in [3.8, 4) is 17.0 Å². The van der Waals surface area contributed by atoms with Crippen LogP contribution in [0.15, 0.2) is 47.8 Å². The molecule has 158 valence electrons. The van der Waals surface area contributed by atoms with Crippen molar-refractivity contribution in [2.45, 2.75) is 40.0 Å². The maximum Gasteiger partial charge on any atom is 0.226 e. The molecule has 0 aliphatic carbocycles. The van der Waals surface area contributed by atoms with Gasteiger partial charge in [-0.05, 0) is 55.0 Å². The Morgan fingerprint density at radius 3 is 2.67 bits per heavy atom. The maximum atomic E-state index is 12.2.